The van der Waals surface area contributed by atoms with Gasteiger partial charge in [-0.25, -0.2) is 8.78 Å². The fourth-order valence-corrected chi connectivity index (χ4v) is 1.50. The average molecular weight is 250 g/mol. The quantitative estimate of drug-likeness (QED) is 0.547. The van der Waals surface area contributed by atoms with Crippen molar-refractivity contribution in [2.24, 2.45) is 0 Å². The van der Waals surface area contributed by atoms with Crippen LogP contribution in [0.4, 0.5) is 22.0 Å². The molecular weight excluding hydrogens is 239 g/mol. The Kier molecular flexibility index (Phi) is 5.55. The van der Waals surface area contributed by atoms with E-state index in [0.29, 0.717) is 0 Å². The van der Waals surface area contributed by atoms with E-state index in [1.54, 1.807) is 0 Å². The summed E-state index contributed by atoms with van der Waals surface area (Å²) in [6.45, 7) is 1.28. The lowest BCUT2D eigenvalue weighted by atomic mass is 10.1. The van der Waals surface area contributed by atoms with E-state index in [1.807, 2.05) is 0 Å². The normalized spacial score (nSPS) is 12.9. The van der Waals surface area contributed by atoms with Gasteiger partial charge in [-0.1, -0.05) is 11.8 Å². The van der Waals surface area contributed by atoms with Gasteiger partial charge in [-0.15, -0.1) is 0 Å². The van der Waals surface area contributed by atoms with Crippen LogP contribution in [-0.2, 0) is 4.79 Å². The molecule has 0 heterocycles. The molecule has 90 valence electrons. The van der Waals surface area contributed by atoms with E-state index in [0.717, 1.165) is 11.8 Å². The number of hydrogen-bond donors (Lipinski definition) is 0. The molecule has 0 saturated heterocycles. The van der Waals surface area contributed by atoms with Crippen LogP contribution in [0, 0.1) is 0 Å². The highest BCUT2D eigenvalue weighted by atomic mass is 32.2. The molecule has 15 heavy (non-hydrogen) atoms. The molecule has 0 aromatic carbocycles. The molecular formula is C8H11F5OS. The molecule has 0 aliphatic heterocycles. The van der Waals surface area contributed by atoms with E-state index in [2.05, 4.69) is 0 Å². The highest BCUT2D eigenvalue weighted by Gasteiger charge is 2.42. The number of alkyl halides is 5. The zero-order chi connectivity index (χ0) is 12.1. The van der Waals surface area contributed by atoms with Crippen LogP contribution in [0.25, 0.3) is 0 Å². The second kappa shape index (κ2) is 5.67. The summed E-state index contributed by atoms with van der Waals surface area (Å²) in [5, 5.41) is -0.228. The van der Waals surface area contributed by atoms with E-state index >= 15 is 0 Å². The average Bonchev–Trinajstić information content (AvgIpc) is 1.93. The summed E-state index contributed by atoms with van der Waals surface area (Å²) in [5.74, 6) is -3.60. The Hall–Kier alpha value is -0.330. The highest BCUT2D eigenvalue weighted by Crippen LogP contribution is 2.34. The van der Waals surface area contributed by atoms with Crippen LogP contribution >= 0.6 is 11.8 Å². The fraction of sp³-hybridized carbons (Fsp3) is 0.875. The van der Waals surface area contributed by atoms with Crippen molar-refractivity contribution in [1.29, 1.82) is 0 Å². The van der Waals surface area contributed by atoms with Crippen molar-refractivity contribution in [2.75, 3.05) is 5.75 Å². The van der Waals surface area contributed by atoms with Gasteiger partial charge in [0.05, 0.1) is 0 Å². The SMILES string of the molecule is CC(=O)SCCCC(F)(F)CC(F)(F)F. The van der Waals surface area contributed by atoms with E-state index in [1.165, 1.54) is 6.92 Å². The Balaban J connectivity index is 3.79. The first kappa shape index (κ1) is 14.7. The van der Waals surface area contributed by atoms with Gasteiger partial charge in [0.25, 0.3) is 5.92 Å². The van der Waals surface area contributed by atoms with Crippen LogP contribution in [0.2, 0.25) is 0 Å². The van der Waals surface area contributed by atoms with Gasteiger partial charge < -0.3 is 0 Å². The number of hydrogen-bond acceptors (Lipinski definition) is 2. The Labute approximate surface area is 88.4 Å². The monoisotopic (exact) mass is 250 g/mol. The van der Waals surface area contributed by atoms with Crippen molar-refractivity contribution in [2.45, 2.75) is 38.3 Å². The fourth-order valence-electron chi connectivity index (χ4n) is 0.928. The Bertz CT molecular complexity index is 214. The third-order valence-corrected chi connectivity index (χ3v) is 2.35. The van der Waals surface area contributed by atoms with Gasteiger partial charge >= 0.3 is 6.18 Å². The Morgan fingerprint density at radius 2 is 1.73 bits per heavy atom. The van der Waals surface area contributed by atoms with E-state index in [4.69, 9.17) is 0 Å². The predicted molar refractivity (Wildman–Crippen MR) is 48.0 cm³/mol. The van der Waals surface area contributed by atoms with Gasteiger partial charge in [0.15, 0.2) is 5.12 Å². The number of carbonyl (C=O) groups excluding carboxylic acids is 1. The molecule has 0 amide bonds. The molecule has 0 aliphatic carbocycles. The van der Waals surface area contributed by atoms with Crippen molar-refractivity contribution in [1.82, 2.24) is 0 Å². The van der Waals surface area contributed by atoms with Gasteiger partial charge in [-0.2, -0.15) is 13.2 Å². The minimum atomic E-state index is -4.85. The van der Waals surface area contributed by atoms with Gasteiger partial charge in [0.2, 0.25) is 0 Å². The van der Waals surface area contributed by atoms with Crippen LogP contribution in [0.1, 0.15) is 26.2 Å². The Morgan fingerprint density at radius 3 is 2.13 bits per heavy atom. The Morgan fingerprint density at radius 1 is 1.20 bits per heavy atom. The molecule has 0 unspecified atom stereocenters. The van der Waals surface area contributed by atoms with Gasteiger partial charge in [-0.05, 0) is 6.42 Å². The molecule has 0 spiro atoms. The largest absolute Gasteiger partial charge is 0.394 e. The van der Waals surface area contributed by atoms with Crippen molar-refractivity contribution in [3.63, 3.8) is 0 Å². The summed E-state index contributed by atoms with van der Waals surface area (Å²) in [6.07, 6.45) is -7.89. The minimum Gasteiger partial charge on any atom is -0.288 e. The lowest BCUT2D eigenvalue weighted by molar-refractivity contribution is -0.189. The standard InChI is InChI=1S/C8H11F5OS/c1-6(14)15-4-2-3-7(9,10)5-8(11,12)13/h2-5H2,1H3. The van der Waals surface area contributed by atoms with Crippen LogP contribution < -0.4 is 0 Å². The maximum atomic E-state index is 12.6. The van der Waals surface area contributed by atoms with E-state index < -0.39 is 24.9 Å². The third kappa shape index (κ3) is 9.96. The van der Waals surface area contributed by atoms with Crippen molar-refractivity contribution < 1.29 is 26.7 Å². The van der Waals surface area contributed by atoms with Gasteiger partial charge in [0, 0.05) is 19.1 Å². The lowest BCUT2D eigenvalue weighted by Gasteiger charge is -2.17. The van der Waals surface area contributed by atoms with Gasteiger partial charge in [-0.3, -0.25) is 4.79 Å². The predicted octanol–water partition coefficient (Wildman–Crippen LogP) is 3.63. The number of thioether (sulfide) groups is 1. The van der Waals surface area contributed by atoms with Crippen molar-refractivity contribution in [3.05, 3.63) is 0 Å². The first-order valence-corrected chi connectivity index (χ1v) is 5.19. The van der Waals surface area contributed by atoms with Crippen molar-refractivity contribution in [3.8, 4) is 0 Å². The molecule has 0 aliphatic rings. The summed E-state index contributed by atoms with van der Waals surface area (Å²) >= 11 is 0.836. The second-order valence-corrected chi connectivity index (χ2v) is 4.36. The summed E-state index contributed by atoms with van der Waals surface area (Å²) < 4.78 is 60.2. The second-order valence-electron chi connectivity index (χ2n) is 3.09. The zero-order valence-corrected chi connectivity index (χ0v) is 8.85. The first-order valence-electron chi connectivity index (χ1n) is 4.20. The molecule has 0 aromatic heterocycles. The molecule has 0 rings (SSSR count). The van der Waals surface area contributed by atoms with E-state index in [9.17, 15) is 26.7 Å². The van der Waals surface area contributed by atoms with Crippen LogP contribution in [0.5, 0.6) is 0 Å². The summed E-state index contributed by atoms with van der Waals surface area (Å²) in [5.41, 5.74) is 0. The smallest absolute Gasteiger partial charge is 0.288 e. The number of halogens is 5. The maximum absolute atomic E-state index is 12.6. The molecule has 0 atom stereocenters. The zero-order valence-electron chi connectivity index (χ0n) is 8.03. The van der Waals surface area contributed by atoms with Crippen LogP contribution in [0.15, 0.2) is 0 Å². The minimum absolute atomic E-state index is 0.104. The molecule has 0 aromatic rings. The molecule has 1 nitrogen and oxygen atoms in total. The molecule has 7 heteroatoms. The third-order valence-electron chi connectivity index (χ3n) is 1.45. The number of carbonyl (C=O) groups is 1. The summed E-state index contributed by atoms with van der Waals surface area (Å²) in [4.78, 5) is 10.4. The van der Waals surface area contributed by atoms with E-state index in [-0.39, 0.29) is 17.3 Å². The molecule has 0 N–H and O–H groups in total. The lowest BCUT2D eigenvalue weighted by Crippen LogP contribution is -2.25. The highest BCUT2D eigenvalue weighted by molar-refractivity contribution is 8.13. The topological polar surface area (TPSA) is 17.1 Å². The first-order chi connectivity index (χ1) is 6.62. The van der Waals surface area contributed by atoms with Crippen molar-refractivity contribution >= 4 is 16.9 Å². The molecule has 0 radical (unpaired) electrons. The number of rotatable bonds is 5. The van der Waals surface area contributed by atoms with Crippen LogP contribution in [-0.4, -0.2) is 23.0 Å². The van der Waals surface area contributed by atoms with Gasteiger partial charge in [0.1, 0.15) is 6.42 Å². The van der Waals surface area contributed by atoms with Crippen LogP contribution in [0.3, 0.4) is 0 Å². The molecule has 0 saturated carbocycles. The maximum Gasteiger partial charge on any atom is 0.394 e. The molecule has 0 bridgehead atoms. The molecule has 0 fully saturated rings. The summed E-state index contributed by atoms with van der Waals surface area (Å²) in [7, 11) is 0. The summed E-state index contributed by atoms with van der Waals surface area (Å²) in [6, 6.07) is 0.